The molecular formula is C20H65Cu2I4N15. The molecule has 0 saturated carbocycles. The Hall–Kier alpha value is 3.36. The van der Waals surface area contributed by atoms with Crippen LogP contribution in [-0.4, -0.2) is 131 Å². The molecule has 0 aliphatic rings. The second kappa shape index (κ2) is 96.7. The summed E-state index contributed by atoms with van der Waals surface area (Å²) in [6.45, 7) is 15.7. The first-order valence-electron chi connectivity index (χ1n) is 12.6. The zero-order valence-electron chi connectivity index (χ0n) is 24.5. The minimum absolute atomic E-state index is 0. The number of nitrogens with one attached hydrogen (secondary N) is 5. The van der Waals surface area contributed by atoms with E-state index in [2.05, 4.69) is 26.6 Å². The van der Waals surface area contributed by atoms with Crippen LogP contribution >= 0.6 is 0 Å². The fraction of sp³-hybridized carbons (Fsp3) is 1.00. The second-order valence-corrected chi connectivity index (χ2v) is 6.64. The largest absolute Gasteiger partial charge is 2.00 e. The van der Waals surface area contributed by atoms with Crippen LogP contribution in [0.4, 0.5) is 0 Å². The van der Waals surface area contributed by atoms with Crippen molar-refractivity contribution in [3.63, 3.8) is 0 Å². The molecule has 25 N–H and O–H groups in total. The van der Waals surface area contributed by atoms with Gasteiger partial charge in [0.15, 0.2) is 0 Å². The van der Waals surface area contributed by atoms with Gasteiger partial charge in [0.2, 0.25) is 0 Å². The van der Waals surface area contributed by atoms with Gasteiger partial charge in [-0.05, 0) is 0 Å². The van der Waals surface area contributed by atoms with Gasteiger partial charge in [0.05, 0.1) is 0 Å². The molecule has 15 nitrogen and oxygen atoms in total. The Balaban J connectivity index is -0.0000000294. The smallest absolute Gasteiger partial charge is 1.00 e. The second-order valence-electron chi connectivity index (χ2n) is 6.64. The van der Waals surface area contributed by atoms with Gasteiger partial charge in [0.25, 0.3) is 0 Å². The first-order chi connectivity index (χ1) is 17.1. The number of rotatable bonds is 20. The molecule has 0 aliphatic heterocycles. The Kier molecular flexibility index (Phi) is 177. The molecule has 0 aromatic carbocycles. The van der Waals surface area contributed by atoms with Gasteiger partial charge in [-0.1, -0.05) is 0 Å². The maximum atomic E-state index is 5.17. The van der Waals surface area contributed by atoms with E-state index in [0.29, 0.717) is 65.4 Å². The van der Waals surface area contributed by atoms with Crippen molar-refractivity contribution in [3.05, 3.63) is 0 Å². The van der Waals surface area contributed by atoms with Crippen molar-refractivity contribution in [1.82, 2.24) is 26.6 Å². The molecule has 0 aliphatic carbocycles. The summed E-state index contributed by atoms with van der Waals surface area (Å²) < 4.78 is 0. The molecule has 0 unspecified atom stereocenters. The maximum absolute atomic E-state index is 5.17. The molecule has 0 rings (SSSR count). The van der Waals surface area contributed by atoms with Crippen molar-refractivity contribution in [2.24, 2.45) is 57.3 Å². The molecule has 0 aromatic heterocycles. The summed E-state index contributed by atoms with van der Waals surface area (Å²) in [5, 5.41) is 15.2. The zero-order valence-corrected chi connectivity index (χ0v) is 35.0. The van der Waals surface area contributed by atoms with Gasteiger partial charge in [-0.15, -0.1) is 0 Å². The minimum atomic E-state index is 0. The van der Waals surface area contributed by atoms with Crippen LogP contribution < -0.4 is 180 Å². The molecule has 0 spiro atoms. The monoisotopic (exact) mass is 1150 g/mol. The summed E-state index contributed by atoms with van der Waals surface area (Å²) in [6, 6.07) is 0. The van der Waals surface area contributed by atoms with Crippen LogP contribution in [0.3, 0.4) is 0 Å². The van der Waals surface area contributed by atoms with Crippen LogP contribution in [0.5, 0.6) is 0 Å². The average Bonchev–Trinajstić information content (AvgIpc) is 2.87. The SMILES string of the molecule is NCCNCCN.NCCNCCN.NCCNCCN.NCCNCCN.NCCNCCN.[Cu+2].[Cu+2].[I-].[I-].[I-].[I-]. The molecule has 21 heteroatoms. The van der Waals surface area contributed by atoms with Gasteiger partial charge in [0.1, 0.15) is 0 Å². The molecule has 0 atom stereocenters. The molecule has 0 amide bonds. The summed E-state index contributed by atoms with van der Waals surface area (Å²) in [5.41, 5.74) is 51.7. The molecule has 0 aromatic rings. The van der Waals surface area contributed by atoms with E-state index < -0.39 is 0 Å². The molecule has 270 valence electrons. The Bertz CT molecular complexity index is 219. The van der Waals surface area contributed by atoms with Crippen molar-refractivity contribution in [2.75, 3.05) is 131 Å². The van der Waals surface area contributed by atoms with E-state index >= 15 is 0 Å². The molecule has 41 heavy (non-hydrogen) atoms. The summed E-state index contributed by atoms with van der Waals surface area (Å²) in [5.74, 6) is 0. The third kappa shape index (κ3) is 136. The number of hydrogen-bond donors (Lipinski definition) is 15. The average molecular weight is 1150 g/mol. The molecule has 0 heterocycles. The van der Waals surface area contributed by atoms with E-state index in [1.54, 1.807) is 0 Å². The fourth-order valence-corrected chi connectivity index (χ4v) is 1.65. The maximum Gasteiger partial charge on any atom is 2.00 e. The quantitative estimate of drug-likeness (QED) is 0.0306. The third-order valence-corrected chi connectivity index (χ3v) is 3.21. The molecular weight excluding hydrogens is 1090 g/mol. The number of halogens is 4. The van der Waals surface area contributed by atoms with E-state index in [1.807, 2.05) is 0 Å². The van der Waals surface area contributed by atoms with E-state index in [9.17, 15) is 0 Å². The summed E-state index contributed by atoms with van der Waals surface area (Å²) in [6.07, 6.45) is 0. The molecule has 0 bridgehead atoms. The van der Waals surface area contributed by atoms with Crippen LogP contribution in [0.1, 0.15) is 0 Å². The van der Waals surface area contributed by atoms with E-state index in [-0.39, 0.29) is 130 Å². The number of hydrogen-bond acceptors (Lipinski definition) is 15. The van der Waals surface area contributed by atoms with Gasteiger partial charge in [0, 0.05) is 131 Å². The van der Waals surface area contributed by atoms with Crippen molar-refractivity contribution < 1.29 is 130 Å². The van der Waals surface area contributed by atoms with Gasteiger partial charge < -0.3 is 180 Å². The van der Waals surface area contributed by atoms with Crippen LogP contribution in [0.2, 0.25) is 0 Å². The zero-order chi connectivity index (χ0) is 27.7. The Morgan fingerprint density at radius 1 is 0.220 bits per heavy atom. The predicted octanol–water partition coefficient (Wildman–Crippen LogP) is -19.5. The Morgan fingerprint density at radius 3 is 0.341 bits per heavy atom. The van der Waals surface area contributed by atoms with Crippen molar-refractivity contribution in [2.45, 2.75) is 0 Å². The summed E-state index contributed by atoms with van der Waals surface area (Å²) in [7, 11) is 0. The molecule has 0 saturated heterocycles. The van der Waals surface area contributed by atoms with Crippen molar-refractivity contribution in [3.8, 4) is 0 Å². The van der Waals surface area contributed by atoms with E-state index in [0.717, 1.165) is 65.4 Å². The third-order valence-electron chi connectivity index (χ3n) is 3.21. The Labute approximate surface area is 341 Å². The normalized spacial score (nSPS) is 8.05. The minimum Gasteiger partial charge on any atom is -1.00 e. The first kappa shape index (κ1) is 74.9. The predicted molar refractivity (Wildman–Crippen MR) is 155 cm³/mol. The summed E-state index contributed by atoms with van der Waals surface area (Å²) in [4.78, 5) is 0. The van der Waals surface area contributed by atoms with Crippen LogP contribution in [-0.2, 0) is 34.1 Å². The van der Waals surface area contributed by atoms with Crippen LogP contribution in [0, 0.1) is 0 Å². The van der Waals surface area contributed by atoms with Gasteiger partial charge in [-0.3, -0.25) is 0 Å². The molecule has 0 fully saturated rings. The standard InChI is InChI=1S/5C4H13N3.2Cu.4HI/c5*5-1-3-7-4-2-6;;;;;;/h5*7H,1-6H2;;;4*1H/q;;;;;2*+2;;;;/p-4. The van der Waals surface area contributed by atoms with Gasteiger partial charge >= 0.3 is 34.1 Å². The van der Waals surface area contributed by atoms with Crippen LogP contribution in [0.25, 0.3) is 0 Å². The number of nitrogens with two attached hydrogens (primary N) is 10. The first-order valence-corrected chi connectivity index (χ1v) is 12.6. The van der Waals surface area contributed by atoms with E-state index in [4.69, 9.17) is 57.3 Å². The summed E-state index contributed by atoms with van der Waals surface area (Å²) >= 11 is 0. The molecule has 2 radical (unpaired) electrons. The topological polar surface area (TPSA) is 320 Å². The van der Waals surface area contributed by atoms with Crippen molar-refractivity contribution in [1.29, 1.82) is 0 Å². The van der Waals surface area contributed by atoms with E-state index in [1.165, 1.54) is 0 Å². The van der Waals surface area contributed by atoms with Crippen LogP contribution in [0.15, 0.2) is 0 Å². The fourth-order valence-electron chi connectivity index (χ4n) is 1.65. The Morgan fingerprint density at radius 2 is 0.293 bits per heavy atom. The van der Waals surface area contributed by atoms with Gasteiger partial charge in [-0.2, -0.15) is 0 Å². The van der Waals surface area contributed by atoms with Gasteiger partial charge in [-0.25, -0.2) is 0 Å². The van der Waals surface area contributed by atoms with Crippen molar-refractivity contribution >= 4 is 0 Å².